The predicted octanol–water partition coefficient (Wildman–Crippen LogP) is 3.38. The Kier molecular flexibility index (Phi) is 4.79. The Balaban J connectivity index is 1.79. The lowest BCUT2D eigenvalue weighted by atomic mass is 9.87. The lowest BCUT2D eigenvalue weighted by Crippen LogP contribution is -2.38. The molecule has 1 aliphatic heterocycles. The minimum Gasteiger partial charge on any atom is -0.467 e. The summed E-state index contributed by atoms with van der Waals surface area (Å²) in [6.45, 7) is 3.66. The van der Waals surface area contributed by atoms with Gasteiger partial charge in [-0.3, -0.25) is 0 Å². The number of furan rings is 1. The second-order valence-electron chi connectivity index (χ2n) is 6.39. The predicted molar refractivity (Wildman–Crippen MR) is 99.9 cm³/mol. The number of hydrogen-bond acceptors (Lipinski definition) is 6. The fourth-order valence-electron chi connectivity index (χ4n) is 3.53. The third kappa shape index (κ3) is 3.05. The molecule has 0 saturated carbocycles. The first-order valence-electron chi connectivity index (χ1n) is 8.40. The monoisotopic (exact) mass is 395 g/mol. The summed E-state index contributed by atoms with van der Waals surface area (Å²) in [6, 6.07) is 3.61. The molecule has 1 saturated heterocycles. The Morgan fingerprint density at radius 1 is 1.42 bits per heavy atom. The smallest absolute Gasteiger partial charge is 0.243 e. The van der Waals surface area contributed by atoms with Crippen LogP contribution in [0, 0.1) is 6.92 Å². The molecule has 4 rings (SSSR count). The SMILES string of the molecule is Cc1c([C@H]2CCOC[C@@H]2N)c(Cl)n2nc(Cl)nc(NCc3ccco3)c12. The van der Waals surface area contributed by atoms with Gasteiger partial charge in [-0.05, 0) is 48.2 Å². The highest BCUT2D eigenvalue weighted by molar-refractivity contribution is 6.31. The molecule has 0 spiro atoms. The van der Waals surface area contributed by atoms with Crippen LogP contribution in [0.15, 0.2) is 22.8 Å². The van der Waals surface area contributed by atoms with Crippen molar-refractivity contribution in [3.05, 3.63) is 45.7 Å². The van der Waals surface area contributed by atoms with Crippen LogP contribution in [-0.2, 0) is 11.3 Å². The van der Waals surface area contributed by atoms with Crippen LogP contribution >= 0.6 is 23.2 Å². The third-order valence-electron chi connectivity index (χ3n) is 4.77. The van der Waals surface area contributed by atoms with E-state index in [4.69, 9.17) is 38.1 Å². The van der Waals surface area contributed by atoms with Crippen molar-refractivity contribution in [3.8, 4) is 0 Å². The van der Waals surface area contributed by atoms with E-state index in [1.54, 1.807) is 10.8 Å². The van der Waals surface area contributed by atoms with Crippen molar-refractivity contribution in [3.63, 3.8) is 0 Å². The molecule has 4 heterocycles. The van der Waals surface area contributed by atoms with Crippen LogP contribution < -0.4 is 11.1 Å². The molecule has 0 aromatic carbocycles. The molecule has 26 heavy (non-hydrogen) atoms. The number of halogens is 2. The zero-order valence-electron chi connectivity index (χ0n) is 14.2. The number of fused-ring (bicyclic) bond motifs is 1. The average Bonchev–Trinajstić information content (AvgIpc) is 3.22. The van der Waals surface area contributed by atoms with Gasteiger partial charge in [-0.15, -0.1) is 5.10 Å². The zero-order chi connectivity index (χ0) is 18.3. The van der Waals surface area contributed by atoms with Gasteiger partial charge in [-0.2, -0.15) is 4.98 Å². The summed E-state index contributed by atoms with van der Waals surface area (Å²) >= 11 is 12.8. The van der Waals surface area contributed by atoms with E-state index < -0.39 is 0 Å². The minimum absolute atomic E-state index is 0.106. The second-order valence-corrected chi connectivity index (χ2v) is 7.08. The lowest BCUT2D eigenvalue weighted by molar-refractivity contribution is 0.0695. The lowest BCUT2D eigenvalue weighted by Gasteiger charge is -2.29. The average molecular weight is 396 g/mol. The Labute approximate surface area is 160 Å². The van der Waals surface area contributed by atoms with Gasteiger partial charge >= 0.3 is 0 Å². The highest BCUT2D eigenvalue weighted by atomic mass is 35.5. The van der Waals surface area contributed by atoms with E-state index in [2.05, 4.69) is 15.4 Å². The number of nitrogens with two attached hydrogens (primary N) is 1. The van der Waals surface area contributed by atoms with Gasteiger partial charge in [0.25, 0.3) is 0 Å². The molecule has 0 aliphatic carbocycles. The van der Waals surface area contributed by atoms with Crippen molar-refractivity contribution in [2.75, 3.05) is 18.5 Å². The maximum atomic E-state index is 6.68. The summed E-state index contributed by atoms with van der Waals surface area (Å²) in [5.41, 5.74) is 9.05. The van der Waals surface area contributed by atoms with Crippen LogP contribution in [0.4, 0.5) is 5.82 Å². The van der Waals surface area contributed by atoms with Crippen molar-refractivity contribution in [1.29, 1.82) is 0 Å². The molecular formula is C17H19Cl2N5O2. The summed E-state index contributed by atoms with van der Waals surface area (Å²) in [5, 5.41) is 8.18. The van der Waals surface area contributed by atoms with Gasteiger partial charge < -0.3 is 20.2 Å². The van der Waals surface area contributed by atoms with E-state index in [-0.39, 0.29) is 17.2 Å². The van der Waals surface area contributed by atoms with Crippen LogP contribution in [-0.4, -0.2) is 33.9 Å². The highest BCUT2D eigenvalue weighted by Gasteiger charge is 2.31. The van der Waals surface area contributed by atoms with E-state index in [1.807, 2.05) is 19.1 Å². The van der Waals surface area contributed by atoms with Gasteiger partial charge in [0.1, 0.15) is 16.4 Å². The van der Waals surface area contributed by atoms with Gasteiger partial charge in [0.05, 0.1) is 19.4 Å². The van der Waals surface area contributed by atoms with E-state index in [0.717, 1.165) is 28.8 Å². The van der Waals surface area contributed by atoms with Gasteiger partial charge in [-0.1, -0.05) is 11.6 Å². The molecule has 9 heteroatoms. The normalized spacial score (nSPS) is 20.6. The summed E-state index contributed by atoms with van der Waals surface area (Å²) in [5.74, 6) is 1.50. The van der Waals surface area contributed by atoms with Crippen LogP contribution in [0.1, 0.15) is 29.2 Å². The molecule has 2 atom stereocenters. The van der Waals surface area contributed by atoms with Gasteiger partial charge in [0, 0.05) is 18.6 Å². The molecule has 3 N–H and O–H groups in total. The molecule has 138 valence electrons. The third-order valence-corrected chi connectivity index (χ3v) is 5.30. The maximum Gasteiger partial charge on any atom is 0.243 e. The molecule has 3 aromatic rings. The topological polar surface area (TPSA) is 90.6 Å². The molecule has 0 bridgehead atoms. The van der Waals surface area contributed by atoms with E-state index in [0.29, 0.717) is 30.7 Å². The number of rotatable bonds is 4. The van der Waals surface area contributed by atoms with Crippen molar-refractivity contribution < 1.29 is 9.15 Å². The van der Waals surface area contributed by atoms with Gasteiger partial charge in [0.2, 0.25) is 5.28 Å². The largest absolute Gasteiger partial charge is 0.467 e. The summed E-state index contributed by atoms with van der Waals surface area (Å²) < 4.78 is 12.5. The van der Waals surface area contributed by atoms with Crippen molar-refractivity contribution in [2.24, 2.45) is 5.73 Å². The molecule has 3 aromatic heterocycles. The standard InChI is InChI=1S/C17H19Cl2N5O2/c1-9-13(11-4-6-25-8-12(11)20)15(18)24-14(9)16(22-17(19)23-24)21-7-10-3-2-5-26-10/h2-3,5,11-12H,4,6-8,20H2,1H3,(H,21,22,23)/t11-,12-/m0/s1. The molecular weight excluding hydrogens is 377 g/mol. The Morgan fingerprint density at radius 3 is 3.00 bits per heavy atom. The molecule has 0 radical (unpaired) electrons. The Hall–Kier alpha value is -1.80. The van der Waals surface area contributed by atoms with Crippen molar-refractivity contribution in [1.82, 2.24) is 14.6 Å². The number of ether oxygens (including phenoxy) is 1. The van der Waals surface area contributed by atoms with Crippen molar-refractivity contribution in [2.45, 2.75) is 31.8 Å². The first-order chi connectivity index (χ1) is 12.6. The Bertz CT molecular complexity index is 925. The summed E-state index contributed by atoms with van der Waals surface area (Å²) in [4.78, 5) is 4.35. The zero-order valence-corrected chi connectivity index (χ0v) is 15.7. The number of anilines is 1. The highest BCUT2D eigenvalue weighted by Crippen LogP contribution is 2.39. The van der Waals surface area contributed by atoms with Gasteiger partial charge in [-0.25, -0.2) is 4.52 Å². The summed E-state index contributed by atoms with van der Waals surface area (Å²) in [7, 11) is 0. The molecule has 0 amide bonds. The fourth-order valence-corrected chi connectivity index (χ4v) is 4.10. The van der Waals surface area contributed by atoms with Crippen LogP contribution in [0.5, 0.6) is 0 Å². The fraction of sp³-hybridized carbons (Fsp3) is 0.412. The van der Waals surface area contributed by atoms with Crippen LogP contribution in [0.25, 0.3) is 5.52 Å². The minimum atomic E-state index is -0.111. The number of aryl methyl sites for hydroxylation is 1. The van der Waals surface area contributed by atoms with Crippen molar-refractivity contribution >= 4 is 34.5 Å². The number of hydrogen-bond donors (Lipinski definition) is 2. The molecule has 7 nitrogen and oxygen atoms in total. The quantitative estimate of drug-likeness (QED) is 0.703. The first-order valence-corrected chi connectivity index (χ1v) is 9.15. The number of nitrogens with one attached hydrogen (secondary N) is 1. The second kappa shape index (κ2) is 7.08. The Morgan fingerprint density at radius 2 is 2.27 bits per heavy atom. The van der Waals surface area contributed by atoms with Crippen LogP contribution in [0.2, 0.25) is 10.4 Å². The van der Waals surface area contributed by atoms with E-state index >= 15 is 0 Å². The van der Waals surface area contributed by atoms with E-state index in [1.165, 1.54) is 0 Å². The first kappa shape index (κ1) is 17.6. The van der Waals surface area contributed by atoms with Gasteiger partial charge in [0.15, 0.2) is 5.82 Å². The van der Waals surface area contributed by atoms with Crippen LogP contribution in [0.3, 0.4) is 0 Å². The van der Waals surface area contributed by atoms with E-state index in [9.17, 15) is 0 Å². The number of nitrogens with zero attached hydrogens (tertiary/aromatic N) is 3. The molecule has 0 unspecified atom stereocenters. The number of aromatic nitrogens is 3. The summed E-state index contributed by atoms with van der Waals surface area (Å²) in [6.07, 6.45) is 2.44. The molecule has 1 aliphatic rings. The maximum absolute atomic E-state index is 6.68. The molecule has 1 fully saturated rings.